The summed E-state index contributed by atoms with van der Waals surface area (Å²) in [7, 11) is -1.59. The third-order valence-electron chi connectivity index (χ3n) is 6.19. The Hall–Kier alpha value is -2.27. The van der Waals surface area contributed by atoms with E-state index in [-0.39, 0.29) is 10.9 Å². The van der Waals surface area contributed by atoms with Gasteiger partial charge in [-0.15, -0.1) is 11.3 Å². The highest BCUT2D eigenvalue weighted by Gasteiger charge is 2.31. The molecule has 1 atom stereocenters. The summed E-state index contributed by atoms with van der Waals surface area (Å²) in [6, 6.07) is 5.90. The van der Waals surface area contributed by atoms with E-state index >= 15 is 0 Å². The van der Waals surface area contributed by atoms with Crippen LogP contribution >= 0.6 is 11.3 Å². The first-order valence-corrected chi connectivity index (χ1v) is 13.0. The van der Waals surface area contributed by atoms with Gasteiger partial charge in [0.25, 0.3) is 11.8 Å². The maximum Gasteiger partial charge on any atom is 0.256 e. The molecule has 1 fully saturated rings. The highest BCUT2D eigenvalue weighted by molar-refractivity contribution is 7.89. The highest BCUT2D eigenvalue weighted by atomic mass is 32.2. The summed E-state index contributed by atoms with van der Waals surface area (Å²) in [6.07, 6.45) is 3.44. The molecule has 1 aromatic heterocycles. The molecule has 0 bridgehead atoms. The molecule has 3 heterocycles. The summed E-state index contributed by atoms with van der Waals surface area (Å²) >= 11 is 1.37. The zero-order valence-electron chi connectivity index (χ0n) is 18.3. The van der Waals surface area contributed by atoms with Crippen molar-refractivity contribution in [1.82, 2.24) is 9.21 Å². The number of benzene rings is 1. The number of fused-ring (bicyclic) bond motifs is 1. The number of hydrogen-bond donors (Lipinski definition) is 2. The second-order valence-electron chi connectivity index (χ2n) is 8.50. The smallest absolute Gasteiger partial charge is 0.256 e. The van der Waals surface area contributed by atoms with Crippen molar-refractivity contribution in [3.8, 4) is 0 Å². The summed E-state index contributed by atoms with van der Waals surface area (Å²) in [5.41, 5.74) is 7.22. The molecule has 1 saturated heterocycles. The fourth-order valence-electron chi connectivity index (χ4n) is 4.40. The number of nitrogens with one attached hydrogen (secondary N) is 1. The monoisotopic (exact) mass is 476 g/mol. The Labute approximate surface area is 192 Å². The second-order valence-corrected chi connectivity index (χ2v) is 11.5. The van der Waals surface area contributed by atoms with Crippen molar-refractivity contribution >= 4 is 38.2 Å². The fraction of sp³-hybridized carbons (Fsp3) is 0.455. The SMILES string of the molecule is C[C@@H]1CCCCN1S(=O)(=O)c1ccc(C(=O)Nc2sc3c(c2C(N)=O)CCN(C)C3)cc1. The molecule has 1 aromatic carbocycles. The number of rotatable bonds is 5. The van der Waals surface area contributed by atoms with Gasteiger partial charge in [-0.2, -0.15) is 4.31 Å². The molecule has 0 spiro atoms. The Bertz CT molecular complexity index is 1140. The lowest BCUT2D eigenvalue weighted by Gasteiger charge is -2.32. The maximum atomic E-state index is 13.0. The van der Waals surface area contributed by atoms with Gasteiger partial charge in [-0.25, -0.2) is 8.42 Å². The van der Waals surface area contributed by atoms with Crippen LogP contribution in [0.4, 0.5) is 5.00 Å². The van der Waals surface area contributed by atoms with Gasteiger partial charge in [0.15, 0.2) is 0 Å². The van der Waals surface area contributed by atoms with E-state index in [1.807, 2.05) is 14.0 Å². The lowest BCUT2D eigenvalue weighted by atomic mass is 10.0. The number of hydrogen-bond acceptors (Lipinski definition) is 6. The number of thiophene rings is 1. The minimum atomic E-state index is -3.60. The van der Waals surface area contributed by atoms with Crippen LogP contribution in [0, 0.1) is 0 Å². The number of piperidine rings is 1. The van der Waals surface area contributed by atoms with Crippen molar-refractivity contribution in [3.63, 3.8) is 0 Å². The molecule has 0 unspecified atom stereocenters. The summed E-state index contributed by atoms with van der Waals surface area (Å²) in [4.78, 5) is 28.3. The Balaban J connectivity index is 1.55. The molecule has 10 heteroatoms. The van der Waals surface area contributed by atoms with E-state index in [1.54, 1.807) is 0 Å². The first kappa shape index (κ1) is 22.9. The number of anilines is 1. The third-order valence-corrected chi connectivity index (χ3v) is 9.35. The van der Waals surface area contributed by atoms with Gasteiger partial charge in [0, 0.05) is 36.1 Å². The summed E-state index contributed by atoms with van der Waals surface area (Å²) in [6.45, 7) is 3.97. The first-order chi connectivity index (χ1) is 15.2. The van der Waals surface area contributed by atoms with Gasteiger partial charge >= 0.3 is 0 Å². The van der Waals surface area contributed by atoms with Crippen LogP contribution in [0.3, 0.4) is 0 Å². The van der Waals surface area contributed by atoms with E-state index < -0.39 is 21.8 Å². The molecule has 3 N–H and O–H groups in total. The molecule has 2 aromatic rings. The number of nitrogens with two attached hydrogens (primary N) is 1. The molecule has 0 radical (unpaired) electrons. The van der Waals surface area contributed by atoms with Gasteiger partial charge in [-0.3, -0.25) is 9.59 Å². The predicted molar refractivity (Wildman–Crippen MR) is 124 cm³/mol. The van der Waals surface area contributed by atoms with Crippen molar-refractivity contribution < 1.29 is 18.0 Å². The molecule has 0 aliphatic carbocycles. The van der Waals surface area contributed by atoms with E-state index in [9.17, 15) is 18.0 Å². The van der Waals surface area contributed by atoms with Gasteiger partial charge in [-0.05, 0) is 63.1 Å². The van der Waals surface area contributed by atoms with Crippen LogP contribution < -0.4 is 11.1 Å². The van der Waals surface area contributed by atoms with Crippen LogP contribution in [0.5, 0.6) is 0 Å². The van der Waals surface area contributed by atoms with E-state index in [0.29, 0.717) is 35.6 Å². The zero-order chi connectivity index (χ0) is 23.0. The van der Waals surface area contributed by atoms with E-state index in [1.165, 1.54) is 39.9 Å². The molecule has 2 amide bonds. The minimum absolute atomic E-state index is 0.0344. The maximum absolute atomic E-state index is 13.0. The van der Waals surface area contributed by atoms with Gasteiger partial charge in [-0.1, -0.05) is 6.42 Å². The summed E-state index contributed by atoms with van der Waals surface area (Å²) in [5.74, 6) is -0.964. The first-order valence-electron chi connectivity index (χ1n) is 10.7. The van der Waals surface area contributed by atoms with E-state index in [2.05, 4.69) is 10.2 Å². The average molecular weight is 477 g/mol. The average Bonchev–Trinajstić information content (AvgIpc) is 3.11. The van der Waals surface area contributed by atoms with Crippen LogP contribution in [0.2, 0.25) is 0 Å². The molecular formula is C22H28N4O4S2. The van der Waals surface area contributed by atoms with Crippen LogP contribution in [0.25, 0.3) is 0 Å². The normalized spacial score (nSPS) is 20.0. The van der Waals surface area contributed by atoms with Crippen LogP contribution in [-0.4, -0.2) is 55.6 Å². The van der Waals surface area contributed by atoms with E-state index in [0.717, 1.165) is 36.2 Å². The number of sulfonamides is 1. The number of amides is 2. The van der Waals surface area contributed by atoms with Crippen LogP contribution in [0.15, 0.2) is 29.2 Å². The second kappa shape index (κ2) is 8.93. The molecule has 0 saturated carbocycles. The molecule has 8 nitrogen and oxygen atoms in total. The van der Waals surface area contributed by atoms with Crippen molar-refractivity contribution in [2.24, 2.45) is 5.73 Å². The van der Waals surface area contributed by atoms with Gasteiger partial charge in [0.1, 0.15) is 5.00 Å². The predicted octanol–water partition coefficient (Wildman–Crippen LogP) is 2.65. The highest BCUT2D eigenvalue weighted by Crippen LogP contribution is 2.37. The number of nitrogens with zero attached hydrogens (tertiary/aromatic N) is 2. The Kier molecular flexibility index (Phi) is 6.39. The molecule has 2 aliphatic rings. The van der Waals surface area contributed by atoms with Crippen molar-refractivity contribution in [2.45, 2.75) is 50.1 Å². The summed E-state index contributed by atoms with van der Waals surface area (Å²) < 4.78 is 27.5. The Morgan fingerprint density at radius 1 is 1.16 bits per heavy atom. The molecule has 172 valence electrons. The lowest BCUT2D eigenvalue weighted by molar-refractivity contribution is 0.1000. The standard InChI is InChI=1S/C22H28N4O4S2/c1-14-5-3-4-11-26(14)32(29,30)16-8-6-15(7-9-16)21(28)24-22-19(20(23)27)17-10-12-25(2)13-18(17)31-22/h6-9,14H,3-5,10-13H2,1-2H3,(H2,23,27)(H,24,28)/t14-/m1/s1. The van der Waals surface area contributed by atoms with Crippen molar-refractivity contribution in [1.29, 1.82) is 0 Å². The number of carbonyl (C=O) groups is 2. The topological polar surface area (TPSA) is 113 Å². The van der Waals surface area contributed by atoms with Gasteiger partial charge < -0.3 is 16.0 Å². The van der Waals surface area contributed by atoms with Crippen LogP contribution in [0.1, 0.15) is 57.3 Å². The van der Waals surface area contributed by atoms with Crippen molar-refractivity contribution in [3.05, 3.63) is 45.8 Å². The Morgan fingerprint density at radius 2 is 1.88 bits per heavy atom. The van der Waals surface area contributed by atoms with Crippen molar-refractivity contribution in [2.75, 3.05) is 25.5 Å². The zero-order valence-corrected chi connectivity index (χ0v) is 19.9. The minimum Gasteiger partial charge on any atom is -0.365 e. The quantitative estimate of drug-likeness (QED) is 0.689. The Morgan fingerprint density at radius 3 is 2.53 bits per heavy atom. The third kappa shape index (κ3) is 4.32. The van der Waals surface area contributed by atoms with Crippen LogP contribution in [-0.2, 0) is 23.0 Å². The summed E-state index contributed by atoms with van der Waals surface area (Å²) in [5, 5.41) is 3.26. The molecular weight excluding hydrogens is 448 g/mol. The number of carbonyl (C=O) groups excluding carboxylic acids is 2. The lowest BCUT2D eigenvalue weighted by Crippen LogP contribution is -2.41. The largest absolute Gasteiger partial charge is 0.365 e. The van der Waals surface area contributed by atoms with Gasteiger partial charge in [0.2, 0.25) is 10.0 Å². The fourth-order valence-corrected chi connectivity index (χ4v) is 7.43. The number of primary amides is 1. The molecule has 4 rings (SSSR count). The number of likely N-dealkylation sites (N-methyl/N-ethyl adjacent to an activating group) is 1. The molecule has 32 heavy (non-hydrogen) atoms. The van der Waals surface area contributed by atoms with Gasteiger partial charge in [0.05, 0.1) is 10.5 Å². The molecule has 2 aliphatic heterocycles. The van der Waals surface area contributed by atoms with E-state index in [4.69, 9.17) is 5.73 Å².